The molecule has 3 rings (SSSR count). The molecule has 3 atom stereocenters. The van der Waals surface area contributed by atoms with Crippen molar-refractivity contribution in [3.63, 3.8) is 0 Å². The third kappa shape index (κ3) is 5.30. The van der Waals surface area contributed by atoms with Crippen LogP contribution in [0.1, 0.15) is 45.5 Å². The molecule has 2 aromatic heterocycles. The second-order valence-corrected chi connectivity index (χ2v) is 8.50. The van der Waals surface area contributed by atoms with Crippen molar-refractivity contribution >= 4 is 22.6 Å². The second-order valence-electron chi connectivity index (χ2n) is 8.50. The van der Waals surface area contributed by atoms with E-state index in [0.29, 0.717) is 37.0 Å². The molecule has 0 aromatic carbocycles. The first-order valence-corrected chi connectivity index (χ1v) is 10.7. The van der Waals surface area contributed by atoms with Gasteiger partial charge in [-0.2, -0.15) is 0 Å². The second kappa shape index (κ2) is 10.2. The number of pyridine rings is 1. The van der Waals surface area contributed by atoms with E-state index in [1.807, 2.05) is 17.2 Å². The van der Waals surface area contributed by atoms with Crippen molar-refractivity contribution in [1.29, 1.82) is 0 Å². The Balaban J connectivity index is 1.83. The minimum Gasteiger partial charge on any atom is -0.382 e. The number of piperidine rings is 1. The Labute approximate surface area is 178 Å². The highest BCUT2D eigenvalue weighted by Gasteiger charge is 2.30. The molecule has 3 heterocycles. The van der Waals surface area contributed by atoms with Gasteiger partial charge in [-0.05, 0) is 24.3 Å². The van der Waals surface area contributed by atoms with Gasteiger partial charge >= 0.3 is 0 Å². The summed E-state index contributed by atoms with van der Waals surface area (Å²) in [6.45, 7) is 8.43. The Kier molecular flexibility index (Phi) is 7.69. The summed E-state index contributed by atoms with van der Waals surface area (Å²) >= 11 is 0. The van der Waals surface area contributed by atoms with Crippen LogP contribution >= 0.6 is 0 Å². The van der Waals surface area contributed by atoms with E-state index >= 15 is 0 Å². The summed E-state index contributed by atoms with van der Waals surface area (Å²) < 4.78 is 10.5. The van der Waals surface area contributed by atoms with Crippen LogP contribution in [0.5, 0.6) is 0 Å². The number of aromatic nitrogens is 2. The standard InChI is InChI=1S/C22H34N4O4/c1-14(2)11-19(27)26-8-6-15(3)18(13-26)25-20-16-5-7-23-21(16)24-12-17(20)22(28)30-10-9-29-4/h5,7,12,14-15,18,22,28H,6,8-11,13H2,1-4H3,(H2,23,24,25)/t15-,18+,22?/m1/s1. The highest BCUT2D eigenvalue weighted by Crippen LogP contribution is 2.33. The number of ether oxygens (including phenoxy) is 2. The quantitative estimate of drug-likeness (QED) is 0.428. The number of hydrogen-bond acceptors (Lipinski definition) is 6. The predicted molar refractivity (Wildman–Crippen MR) is 116 cm³/mol. The van der Waals surface area contributed by atoms with E-state index in [-0.39, 0.29) is 18.6 Å². The Morgan fingerprint density at radius 1 is 1.43 bits per heavy atom. The first-order valence-electron chi connectivity index (χ1n) is 10.7. The first-order chi connectivity index (χ1) is 14.4. The number of aromatic amines is 1. The van der Waals surface area contributed by atoms with Gasteiger partial charge < -0.3 is 29.8 Å². The molecular formula is C22H34N4O4. The lowest BCUT2D eigenvalue weighted by molar-refractivity contribution is -0.133. The molecule has 2 aromatic rings. The molecule has 3 N–H and O–H groups in total. The molecule has 8 heteroatoms. The lowest BCUT2D eigenvalue weighted by Crippen LogP contribution is -2.49. The number of H-pyrrole nitrogens is 1. The summed E-state index contributed by atoms with van der Waals surface area (Å²) in [6, 6.07) is 2.01. The SMILES string of the molecule is COCCOC(O)c1cnc2[nH]ccc2c1N[C@H]1CN(C(=O)CC(C)C)CC[C@H]1C. The number of likely N-dealkylation sites (tertiary alicyclic amines) is 1. The average Bonchev–Trinajstić information content (AvgIpc) is 3.18. The molecule has 0 bridgehead atoms. The maximum Gasteiger partial charge on any atom is 0.222 e. The van der Waals surface area contributed by atoms with Gasteiger partial charge in [0.15, 0.2) is 6.29 Å². The number of fused-ring (bicyclic) bond motifs is 1. The number of aliphatic hydroxyl groups excluding tert-OH is 1. The molecule has 1 aliphatic heterocycles. The zero-order chi connectivity index (χ0) is 21.7. The number of carbonyl (C=O) groups excluding carboxylic acids is 1. The van der Waals surface area contributed by atoms with Gasteiger partial charge in [0.05, 0.1) is 18.9 Å². The number of carbonyl (C=O) groups is 1. The normalized spacial score (nSPS) is 20.7. The number of aliphatic hydroxyl groups is 1. The van der Waals surface area contributed by atoms with Crippen LogP contribution in [0.25, 0.3) is 11.0 Å². The molecule has 0 spiro atoms. The van der Waals surface area contributed by atoms with Crippen LogP contribution in [-0.4, -0.2) is 65.3 Å². The average molecular weight is 419 g/mol. The van der Waals surface area contributed by atoms with Gasteiger partial charge in [0.1, 0.15) is 5.65 Å². The summed E-state index contributed by atoms with van der Waals surface area (Å²) in [5.41, 5.74) is 2.11. The van der Waals surface area contributed by atoms with Gasteiger partial charge in [0, 0.05) is 56.0 Å². The van der Waals surface area contributed by atoms with Crippen molar-refractivity contribution in [2.24, 2.45) is 11.8 Å². The minimum atomic E-state index is -1.12. The molecule has 1 unspecified atom stereocenters. The van der Waals surface area contributed by atoms with E-state index in [1.165, 1.54) is 0 Å². The third-order valence-electron chi connectivity index (χ3n) is 5.67. The fourth-order valence-corrected chi connectivity index (χ4v) is 3.85. The summed E-state index contributed by atoms with van der Waals surface area (Å²) in [6.07, 6.45) is 3.84. The van der Waals surface area contributed by atoms with Crippen LogP contribution in [0.3, 0.4) is 0 Å². The number of hydrogen-bond donors (Lipinski definition) is 3. The highest BCUT2D eigenvalue weighted by molar-refractivity contribution is 5.91. The largest absolute Gasteiger partial charge is 0.382 e. The van der Waals surface area contributed by atoms with Crippen molar-refractivity contribution in [2.45, 2.75) is 45.9 Å². The van der Waals surface area contributed by atoms with Gasteiger partial charge in [-0.3, -0.25) is 4.79 Å². The predicted octanol–water partition coefficient (Wildman–Crippen LogP) is 2.91. The van der Waals surface area contributed by atoms with Crippen LogP contribution in [-0.2, 0) is 14.3 Å². The van der Waals surface area contributed by atoms with E-state index in [2.05, 4.69) is 36.1 Å². The maximum atomic E-state index is 12.6. The minimum absolute atomic E-state index is 0.0697. The van der Waals surface area contributed by atoms with Gasteiger partial charge in [0.2, 0.25) is 5.91 Å². The molecule has 0 aliphatic carbocycles. The Morgan fingerprint density at radius 2 is 2.23 bits per heavy atom. The summed E-state index contributed by atoms with van der Waals surface area (Å²) in [7, 11) is 1.59. The summed E-state index contributed by atoms with van der Waals surface area (Å²) in [5, 5.41) is 15.1. The van der Waals surface area contributed by atoms with Gasteiger partial charge in [-0.1, -0.05) is 20.8 Å². The monoisotopic (exact) mass is 418 g/mol. The van der Waals surface area contributed by atoms with E-state index < -0.39 is 6.29 Å². The molecule has 166 valence electrons. The van der Waals surface area contributed by atoms with E-state index in [9.17, 15) is 9.90 Å². The first kappa shape index (κ1) is 22.5. The van der Waals surface area contributed by atoms with Crippen LogP contribution in [0, 0.1) is 11.8 Å². The van der Waals surface area contributed by atoms with Crippen molar-refractivity contribution in [2.75, 3.05) is 38.7 Å². The van der Waals surface area contributed by atoms with Gasteiger partial charge in [-0.15, -0.1) is 0 Å². The Hall–Kier alpha value is -2.16. The van der Waals surface area contributed by atoms with Crippen LogP contribution < -0.4 is 5.32 Å². The molecule has 8 nitrogen and oxygen atoms in total. The summed E-state index contributed by atoms with van der Waals surface area (Å²) in [5.74, 6) is 0.928. The van der Waals surface area contributed by atoms with Crippen LogP contribution in [0.15, 0.2) is 18.5 Å². The molecule has 1 fully saturated rings. The topological polar surface area (TPSA) is 99.7 Å². The van der Waals surface area contributed by atoms with Crippen LogP contribution in [0.4, 0.5) is 5.69 Å². The Bertz CT molecular complexity index is 838. The highest BCUT2D eigenvalue weighted by atomic mass is 16.6. The molecule has 0 radical (unpaired) electrons. The number of nitrogens with one attached hydrogen (secondary N) is 2. The lowest BCUT2D eigenvalue weighted by atomic mass is 9.92. The molecule has 0 saturated carbocycles. The Morgan fingerprint density at radius 3 is 2.97 bits per heavy atom. The zero-order valence-electron chi connectivity index (χ0n) is 18.4. The molecular weight excluding hydrogens is 384 g/mol. The third-order valence-corrected chi connectivity index (χ3v) is 5.67. The fourth-order valence-electron chi connectivity index (χ4n) is 3.85. The summed E-state index contributed by atoms with van der Waals surface area (Å²) in [4.78, 5) is 22.1. The molecule has 30 heavy (non-hydrogen) atoms. The van der Waals surface area contributed by atoms with Gasteiger partial charge in [-0.25, -0.2) is 4.98 Å². The molecule has 1 saturated heterocycles. The van der Waals surface area contributed by atoms with Crippen molar-refractivity contribution < 1.29 is 19.4 Å². The molecule has 1 amide bonds. The van der Waals surface area contributed by atoms with Crippen molar-refractivity contribution in [1.82, 2.24) is 14.9 Å². The molecule has 1 aliphatic rings. The number of rotatable bonds is 9. The van der Waals surface area contributed by atoms with Gasteiger partial charge in [0.25, 0.3) is 0 Å². The lowest BCUT2D eigenvalue weighted by Gasteiger charge is -2.38. The number of nitrogens with zero attached hydrogens (tertiary/aromatic N) is 2. The smallest absolute Gasteiger partial charge is 0.222 e. The van der Waals surface area contributed by atoms with Crippen molar-refractivity contribution in [3.05, 3.63) is 24.0 Å². The maximum absolute atomic E-state index is 12.6. The van der Waals surface area contributed by atoms with E-state index in [0.717, 1.165) is 29.7 Å². The number of amides is 1. The van der Waals surface area contributed by atoms with E-state index in [4.69, 9.17) is 9.47 Å². The fraction of sp³-hybridized carbons (Fsp3) is 0.636. The number of anilines is 1. The van der Waals surface area contributed by atoms with E-state index in [1.54, 1.807) is 13.3 Å². The number of methoxy groups -OCH3 is 1. The van der Waals surface area contributed by atoms with Crippen molar-refractivity contribution in [3.8, 4) is 0 Å². The van der Waals surface area contributed by atoms with Crippen LogP contribution in [0.2, 0.25) is 0 Å². The zero-order valence-corrected chi connectivity index (χ0v) is 18.4.